The van der Waals surface area contributed by atoms with Crippen LogP contribution in [0.5, 0.6) is 0 Å². The quantitative estimate of drug-likeness (QED) is 0.682. The SMILES string of the molecule is CN(CCCC(=O)O)CCOCc1ccccc1. The molecule has 0 saturated carbocycles. The number of rotatable bonds is 9. The second-order valence-electron chi connectivity index (χ2n) is 4.34. The predicted molar refractivity (Wildman–Crippen MR) is 70.5 cm³/mol. The second kappa shape index (κ2) is 8.66. The molecule has 0 unspecified atom stereocenters. The molecule has 1 aromatic rings. The minimum absolute atomic E-state index is 0.231. The molecule has 4 nitrogen and oxygen atoms in total. The number of likely N-dealkylation sites (N-methyl/N-ethyl adjacent to an activating group) is 1. The maximum absolute atomic E-state index is 10.4. The molecule has 0 atom stereocenters. The van der Waals surface area contributed by atoms with Crippen LogP contribution in [-0.2, 0) is 16.1 Å². The van der Waals surface area contributed by atoms with Crippen molar-refractivity contribution in [2.24, 2.45) is 0 Å². The smallest absolute Gasteiger partial charge is 0.303 e. The molecule has 1 N–H and O–H groups in total. The van der Waals surface area contributed by atoms with Crippen LogP contribution in [0, 0.1) is 0 Å². The molecule has 0 aromatic heterocycles. The zero-order valence-corrected chi connectivity index (χ0v) is 10.8. The van der Waals surface area contributed by atoms with Crippen molar-refractivity contribution < 1.29 is 14.6 Å². The van der Waals surface area contributed by atoms with E-state index < -0.39 is 5.97 Å². The van der Waals surface area contributed by atoms with Gasteiger partial charge in [0.1, 0.15) is 0 Å². The van der Waals surface area contributed by atoms with E-state index in [-0.39, 0.29) is 6.42 Å². The van der Waals surface area contributed by atoms with Crippen LogP contribution in [0.4, 0.5) is 0 Å². The number of benzene rings is 1. The molecule has 0 spiro atoms. The molecule has 0 saturated heterocycles. The fourth-order valence-corrected chi connectivity index (χ4v) is 1.60. The van der Waals surface area contributed by atoms with Crippen molar-refractivity contribution in [1.82, 2.24) is 4.90 Å². The normalized spacial score (nSPS) is 10.8. The number of carbonyl (C=O) groups is 1. The van der Waals surface area contributed by atoms with Crippen LogP contribution in [0.1, 0.15) is 18.4 Å². The lowest BCUT2D eigenvalue weighted by Gasteiger charge is -2.15. The molecule has 0 aliphatic heterocycles. The van der Waals surface area contributed by atoms with Gasteiger partial charge in [-0.05, 0) is 25.6 Å². The Bertz CT molecular complexity index is 340. The van der Waals surface area contributed by atoms with E-state index in [4.69, 9.17) is 9.84 Å². The molecule has 4 heteroatoms. The molecule has 0 heterocycles. The van der Waals surface area contributed by atoms with Crippen LogP contribution in [0.25, 0.3) is 0 Å². The molecule has 100 valence electrons. The van der Waals surface area contributed by atoms with E-state index in [1.54, 1.807) is 0 Å². The van der Waals surface area contributed by atoms with E-state index in [1.807, 2.05) is 37.4 Å². The highest BCUT2D eigenvalue weighted by Gasteiger charge is 2.01. The van der Waals surface area contributed by atoms with Crippen molar-refractivity contribution in [3.63, 3.8) is 0 Å². The topological polar surface area (TPSA) is 49.8 Å². The molecule has 0 fully saturated rings. The first kappa shape index (κ1) is 14.7. The maximum Gasteiger partial charge on any atom is 0.303 e. The van der Waals surface area contributed by atoms with E-state index in [0.29, 0.717) is 19.6 Å². The molecule has 1 rings (SSSR count). The number of nitrogens with zero attached hydrogens (tertiary/aromatic N) is 1. The fraction of sp³-hybridized carbons (Fsp3) is 0.500. The standard InChI is InChI=1S/C14H21NO3/c1-15(9-5-8-14(16)17)10-11-18-12-13-6-3-2-4-7-13/h2-4,6-7H,5,8-12H2,1H3,(H,16,17). The van der Waals surface area contributed by atoms with Gasteiger partial charge in [0.25, 0.3) is 0 Å². The van der Waals surface area contributed by atoms with Gasteiger partial charge in [-0.3, -0.25) is 4.79 Å². The highest BCUT2D eigenvalue weighted by atomic mass is 16.5. The summed E-state index contributed by atoms with van der Waals surface area (Å²) < 4.78 is 5.56. The monoisotopic (exact) mass is 251 g/mol. The van der Waals surface area contributed by atoms with Gasteiger partial charge in [0, 0.05) is 13.0 Å². The third-order valence-electron chi connectivity index (χ3n) is 2.66. The molecule has 0 aliphatic rings. The second-order valence-corrected chi connectivity index (χ2v) is 4.34. The minimum Gasteiger partial charge on any atom is -0.481 e. The Hall–Kier alpha value is -1.39. The van der Waals surface area contributed by atoms with Gasteiger partial charge >= 0.3 is 5.97 Å². The number of carboxylic acid groups (broad SMARTS) is 1. The van der Waals surface area contributed by atoms with Gasteiger partial charge in [0.05, 0.1) is 13.2 Å². The summed E-state index contributed by atoms with van der Waals surface area (Å²) in [5.41, 5.74) is 1.17. The van der Waals surface area contributed by atoms with Crippen LogP contribution in [0.3, 0.4) is 0 Å². The zero-order valence-electron chi connectivity index (χ0n) is 10.8. The summed E-state index contributed by atoms with van der Waals surface area (Å²) in [7, 11) is 1.98. The maximum atomic E-state index is 10.4. The van der Waals surface area contributed by atoms with Gasteiger partial charge in [-0.1, -0.05) is 30.3 Å². The largest absolute Gasteiger partial charge is 0.481 e. The summed E-state index contributed by atoms with van der Waals surface area (Å²) in [6.45, 7) is 2.91. The van der Waals surface area contributed by atoms with Crippen molar-refractivity contribution in [3.8, 4) is 0 Å². The Balaban J connectivity index is 2.02. The Labute approximate surface area is 108 Å². The van der Waals surface area contributed by atoms with Crippen molar-refractivity contribution in [3.05, 3.63) is 35.9 Å². The molecular weight excluding hydrogens is 230 g/mol. The Morgan fingerprint density at radius 2 is 2.00 bits per heavy atom. The predicted octanol–water partition coefficient (Wildman–Crippen LogP) is 2.00. The van der Waals surface area contributed by atoms with Crippen molar-refractivity contribution in [2.75, 3.05) is 26.7 Å². The summed E-state index contributed by atoms with van der Waals surface area (Å²) in [6.07, 6.45) is 0.916. The first-order chi connectivity index (χ1) is 8.68. The summed E-state index contributed by atoms with van der Waals surface area (Å²) in [4.78, 5) is 12.4. The lowest BCUT2D eigenvalue weighted by Crippen LogP contribution is -2.24. The molecule has 18 heavy (non-hydrogen) atoms. The third kappa shape index (κ3) is 7.04. The summed E-state index contributed by atoms with van der Waals surface area (Å²) in [6, 6.07) is 10.1. The van der Waals surface area contributed by atoms with Crippen LogP contribution >= 0.6 is 0 Å². The van der Waals surface area contributed by atoms with Gasteiger partial charge in [-0.15, -0.1) is 0 Å². The van der Waals surface area contributed by atoms with Crippen LogP contribution < -0.4 is 0 Å². The average molecular weight is 251 g/mol. The van der Waals surface area contributed by atoms with Crippen LogP contribution in [0.15, 0.2) is 30.3 Å². The lowest BCUT2D eigenvalue weighted by molar-refractivity contribution is -0.137. The minimum atomic E-state index is -0.733. The van der Waals surface area contributed by atoms with E-state index in [9.17, 15) is 4.79 Å². The lowest BCUT2D eigenvalue weighted by atomic mass is 10.2. The summed E-state index contributed by atoms with van der Waals surface area (Å²) in [5.74, 6) is -0.733. The van der Waals surface area contributed by atoms with Crippen molar-refractivity contribution in [2.45, 2.75) is 19.4 Å². The first-order valence-electron chi connectivity index (χ1n) is 6.20. The fourth-order valence-electron chi connectivity index (χ4n) is 1.60. The number of hydrogen-bond acceptors (Lipinski definition) is 3. The Kier molecular flexibility index (Phi) is 7.06. The van der Waals surface area contributed by atoms with Crippen molar-refractivity contribution >= 4 is 5.97 Å². The molecule has 0 radical (unpaired) electrons. The van der Waals surface area contributed by atoms with E-state index in [2.05, 4.69) is 4.90 Å². The zero-order chi connectivity index (χ0) is 13.2. The van der Waals surface area contributed by atoms with Gasteiger partial charge in [0.15, 0.2) is 0 Å². The van der Waals surface area contributed by atoms with Crippen LogP contribution in [0.2, 0.25) is 0 Å². The van der Waals surface area contributed by atoms with Gasteiger partial charge < -0.3 is 14.7 Å². The molecule has 1 aromatic carbocycles. The van der Waals surface area contributed by atoms with Gasteiger partial charge in [-0.25, -0.2) is 0 Å². The summed E-state index contributed by atoms with van der Waals surface area (Å²) >= 11 is 0. The van der Waals surface area contributed by atoms with Gasteiger partial charge in [0.2, 0.25) is 0 Å². The Morgan fingerprint density at radius 1 is 1.28 bits per heavy atom. The average Bonchev–Trinajstić information content (AvgIpc) is 2.35. The van der Waals surface area contributed by atoms with Crippen molar-refractivity contribution in [1.29, 1.82) is 0 Å². The third-order valence-corrected chi connectivity index (χ3v) is 2.66. The number of hydrogen-bond donors (Lipinski definition) is 1. The van der Waals surface area contributed by atoms with Crippen LogP contribution in [-0.4, -0.2) is 42.7 Å². The number of aliphatic carboxylic acids is 1. The summed E-state index contributed by atoms with van der Waals surface area (Å²) in [5, 5.41) is 8.52. The molecule has 0 amide bonds. The Morgan fingerprint density at radius 3 is 2.67 bits per heavy atom. The molecule has 0 bridgehead atoms. The highest BCUT2D eigenvalue weighted by molar-refractivity contribution is 5.66. The van der Waals surface area contributed by atoms with E-state index >= 15 is 0 Å². The molecular formula is C14H21NO3. The van der Waals surface area contributed by atoms with Gasteiger partial charge in [-0.2, -0.15) is 0 Å². The highest BCUT2D eigenvalue weighted by Crippen LogP contribution is 2.00. The molecule has 0 aliphatic carbocycles. The first-order valence-corrected chi connectivity index (χ1v) is 6.20. The van der Waals surface area contributed by atoms with E-state index in [1.165, 1.54) is 5.56 Å². The number of carboxylic acids is 1. The number of ether oxygens (including phenoxy) is 1. The van der Waals surface area contributed by atoms with E-state index in [0.717, 1.165) is 13.1 Å².